The third-order valence-electron chi connectivity index (χ3n) is 5.00. The molecule has 7 nitrogen and oxygen atoms in total. The van der Waals surface area contributed by atoms with E-state index in [1.807, 2.05) is 18.7 Å². The first-order valence-electron chi connectivity index (χ1n) is 8.68. The van der Waals surface area contributed by atoms with Crippen molar-refractivity contribution in [1.29, 1.82) is 0 Å². The van der Waals surface area contributed by atoms with Crippen molar-refractivity contribution in [2.45, 2.75) is 46.1 Å². The van der Waals surface area contributed by atoms with E-state index < -0.39 is 0 Å². The van der Waals surface area contributed by atoms with Crippen molar-refractivity contribution in [2.75, 3.05) is 13.1 Å². The van der Waals surface area contributed by atoms with E-state index in [1.54, 1.807) is 11.3 Å². The molecule has 0 spiro atoms. The third kappa shape index (κ3) is 2.74. The van der Waals surface area contributed by atoms with Crippen molar-refractivity contribution in [3.05, 3.63) is 27.3 Å². The Kier molecular flexibility index (Phi) is 4.07. The maximum Gasteiger partial charge on any atom is 0.352 e. The topological polar surface area (TPSA) is 72.5 Å². The van der Waals surface area contributed by atoms with Gasteiger partial charge in [-0.25, -0.2) is 18.9 Å². The quantitative estimate of drug-likeness (QED) is 0.703. The number of aryl methyl sites for hydroxylation is 2. The van der Waals surface area contributed by atoms with Crippen LogP contribution in [0.3, 0.4) is 0 Å². The first-order valence-corrected chi connectivity index (χ1v) is 9.49. The summed E-state index contributed by atoms with van der Waals surface area (Å²) in [6.07, 6.45) is 5.90. The predicted octanol–water partition coefficient (Wildman–Crippen LogP) is 2.13. The van der Waals surface area contributed by atoms with Gasteiger partial charge in [0.25, 0.3) is 0 Å². The molecule has 8 heteroatoms. The van der Waals surface area contributed by atoms with E-state index in [0.29, 0.717) is 5.65 Å². The lowest BCUT2D eigenvalue weighted by atomic mass is 10.2. The highest BCUT2D eigenvalue weighted by Gasteiger charge is 2.20. The van der Waals surface area contributed by atoms with Crippen LogP contribution in [-0.2, 0) is 11.3 Å². The van der Waals surface area contributed by atoms with Crippen molar-refractivity contribution < 1.29 is 4.79 Å². The maximum atomic E-state index is 12.6. The van der Waals surface area contributed by atoms with Crippen molar-refractivity contribution in [3.8, 4) is 0 Å². The van der Waals surface area contributed by atoms with Crippen LogP contribution in [0.5, 0.6) is 0 Å². The summed E-state index contributed by atoms with van der Waals surface area (Å²) in [5, 5.41) is 5.36. The summed E-state index contributed by atoms with van der Waals surface area (Å²) in [4.78, 5) is 33.5. The number of hydrogen-bond donors (Lipinski definition) is 0. The van der Waals surface area contributed by atoms with E-state index in [0.717, 1.165) is 41.7 Å². The number of fused-ring (bicyclic) bond motifs is 3. The van der Waals surface area contributed by atoms with Crippen molar-refractivity contribution in [3.63, 3.8) is 0 Å². The zero-order valence-corrected chi connectivity index (χ0v) is 15.3. The molecule has 0 radical (unpaired) electrons. The van der Waals surface area contributed by atoms with Gasteiger partial charge in [-0.2, -0.15) is 0 Å². The molecule has 4 rings (SSSR count). The molecule has 25 heavy (non-hydrogen) atoms. The Labute approximate surface area is 148 Å². The highest BCUT2D eigenvalue weighted by molar-refractivity contribution is 7.18. The molecule has 1 fully saturated rings. The molecule has 3 aromatic rings. The van der Waals surface area contributed by atoms with Gasteiger partial charge in [0, 0.05) is 18.0 Å². The van der Waals surface area contributed by atoms with E-state index in [1.165, 1.54) is 33.1 Å². The van der Waals surface area contributed by atoms with Crippen LogP contribution >= 0.6 is 11.3 Å². The summed E-state index contributed by atoms with van der Waals surface area (Å²) in [5.74, 6) is -0.0326. The summed E-state index contributed by atoms with van der Waals surface area (Å²) >= 11 is 1.60. The molecule has 0 saturated carbocycles. The van der Waals surface area contributed by atoms with Crippen LogP contribution in [0, 0.1) is 13.8 Å². The van der Waals surface area contributed by atoms with Gasteiger partial charge in [0.1, 0.15) is 17.7 Å². The molecule has 0 atom stereocenters. The number of thiophene rings is 1. The molecule has 0 bridgehead atoms. The van der Waals surface area contributed by atoms with Gasteiger partial charge in [-0.3, -0.25) is 4.79 Å². The summed E-state index contributed by atoms with van der Waals surface area (Å²) in [5.41, 5.74) is 1.37. The third-order valence-corrected chi connectivity index (χ3v) is 6.11. The summed E-state index contributed by atoms with van der Waals surface area (Å²) < 4.78 is 2.72. The van der Waals surface area contributed by atoms with E-state index in [4.69, 9.17) is 0 Å². The largest absolute Gasteiger partial charge is 0.352 e. The Balaban J connectivity index is 1.72. The number of carbonyl (C=O) groups excluding carboxylic acids is 1. The van der Waals surface area contributed by atoms with Crippen LogP contribution in [0.15, 0.2) is 11.1 Å². The normalized spacial score (nSPS) is 15.8. The van der Waals surface area contributed by atoms with Crippen LogP contribution in [0.25, 0.3) is 15.9 Å². The van der Waals surface area contributed by atoms with E-state index >= 15 is 0 Å². The van der Waals surface area contributed by atoms with Gasteiger partial charge >= 0.3 is 5.69 Å². The minimum Gasteiger partial charge on any atom is -0.341 e. The molecular formula is C17H21N5O2S. The fraction of sp³-hybridized carbons (Fsp3) is 0.529. The molecule has 0 aromatic carbocycles. The van der Waals surface area contributed by atoms with Gasteiger partial charge in [0.15, 0.2) is 5.65 Å². The Morgan fingerprint density at radius 1 is 1.20 bits per heavy atom. The minimum absolute atomic E-state index is 0.00975. The Morgan fingerprint density at radius 2 is 1.92 bits per heavy atom. The molecule has 1 amide bonds. The van der Waals surface area contributed by atoms with Gasteiger partial charge in [0.05, 0.1) is 5.39 Å². The average molecular weight is 359 g/mol. The standard InChI is InChI=1S/C17H21N5O2S/c1-11-12(2)25-16-14(11)15-19-22(17(24)21(15)10-18-16)9-13(23)20-7-5-3-4-6-8-20/h10H,3-9H2,1-2H3. The van der Waals surface area contributed by atoms with E-state index in [9.17, 15) is 9.59 Å². The lowest BCUT2D eigenvalue weighted by Crippen LogP contribution is -2.37. The van der Waals surface area contributed by atoms with Crippen molar-refractivity contribution in [1.82, 2.24) is 24.1 Å². The number of nitrogens with zero attached hydrogens (tertiary/aromatic N) is 5. The van der Waals surface area contributed by atoms with Crippen LogP contribution in [0.2, 0.25) is 0 Å². The fourth-order valence-corrected chi connectivity index (χ4v) is 4.41. The van der Waals surface area contributed by atoms with Gasteiger partial charge in [0.2, 0.25) is 5.91 Å². The number of hydrogen-bond acceptors (Lipinski definition) is 5. The van der Waals surface area contributed by atoms with Crippen molar-refractivity contribution >= 4 is 33.1 Å². The Morgan fingerprint density at radius 3 is 2.64 bits per heavy atom. The number of amides is 1. The monoisotopic (exact) mass is 359 g/mol. The van der Waals surface area contributed by atoms with Crippen LogP contribution in [-0.4, -0.2) is 43.1 Å². The SMILES string of the molecule is Cc1sc2ncn3c(=O)n(CC(=O)N4CCCCCC4)nc3c2c1C. The number of aromatic nitrogens is 4. The van der Waals surface area contributed by atoms with Crippen molar-refractivity contribution in [2.24, 2.45) is 0 Å². The molecular weight excluding hydrogens is 338 g/mol. The lowest BCUT2D eigenvalue weighted by Gasteiger charge is -2.19. The average Bonchev–Trinajstić information content (AvgIpc) is 2.93. The second-order valence-corrected chi connectivity index (χ2v) is 7.84. The van der Waals surface area contributed by atoms with E-state index in [2.05, 4.69) is 10.1 Å². The second kappa shape index (κ2) is 6.25. The Bertz CT molecular complexity index is 1010. The highest BCUT2D eigenvalue weighted by atomic mass is 32.1. The molecule has 3 aromatic heterocycles. The molecule has 0 N–H and O–H groups in total. The smallest absolute Gasteiger partial charge is 0.341 e. The summed E-state index contributed by atoms with van der Waals surface area (Å²) in [6, 6.07) is 0. The maximum absolute atomic E-state index is 12.6. The summed E-state index contributed by atoms with van der Waals surface area (Å²) in [7, 11) is 0. The minimum atomic E-state index is -0.309. The number of carbonyl (C=O) groups is 1. The first kappa shape index (κ1) is 16.3. The molecule has 4 heterocycles. The van der Waals surface area contributed by atoms with Crippen LogP contribution < -0.4 is 5.69 Å². The highest BCUT2D eigenvalue weighted by Crippen LogP contribution is 2.30. The van der Waals surface area contributed by atoms with Gasteiger partial charge in [-0.1, -0.05) is 12.8 Å². The predicted molar refractivity (Wildman–Crippen MR) is 97.2 cm³/mol. The number of rotatable bonds is 2. The number of likely N-dealkylation sites (tertiary alicyclic amines) is 1. The van der Waals surface area contributed by atoms with Crippen LogP contribution in [0.1, 0.15) is 36.1 Å². The fourth-order valence-electron chi connectivity index (χ4n) is 3.42. The van der Waals surface area contributed by atoms with Crippen LogP contribution in [0.4, 0.5) is 0 Å². The Hall–Kier alpha value is -2.22. The van der Waals surface area contributed by atoms with Gasteiger partial charge in [-0.05, 0) is 32.3 Å². The zero-order valence-electron chi connectivity index (χ0n) is 14.5. The molecule has 1 saturated heterocycles. The van der Waals surface area contributed by atoms with Gasteiger partial charge < -0.3 is 4.90 Å². The second-order valence-electron chi connectivity index (χ2n) is 6.64. The lowest BCUT2D eigenvalue weighted by molar-refractivity contribution is -0.132. The van der Waals surface area contributed by atoms with Gasteiger partial charge in [-0.15, -0.1) is 16.4 Å². The first-order chi connectivity index (χ1) is 12.1. The van der Waals surface area contributed by atoms with E-state index in [-0.39, 0.29) is 18.1 Å². The molecule has 1 aliphatic heterocycles. The zero-order chi connectivity index (χ0) is 17.6. The molecule has 0 aliphatic carbocycles. The summed E-state index contributed by atoms with van der Waals surface area (Å²) in [6.45, 7) is 5.59. The molecule has 0 unspecified atom stereocenters. The molecule has 132 valence electrons. The molecule has 1 aliphatic rings.